The second kappa shape index (κ2) is 7.75. The van der Waals surface area contributed by atoms with Crippen LogP contribution in [-0.4, -0.2) is 13.8 Å². The van der Waals surface area contributed by atoms with Crippen LogP contribution in [0.1, 0.15) is 22.3 Å². The molecule has 1 aliphatic rings. The summed E-state index contributed by atoms with van der Waals surface area (Å²) in [7, 11) is 1.64. The van der Waals surface area contributed by atoms with Gasteiger partial charge in [0.15, 0.2) is 6.73 Å². The molecule has 0 fully saturated rings. The van der Waals surface area contributed by atoms with Crippen LogP contribution in [0.2, 0.25) is 0 Å². The van der Waals surface area contributed by atoms with Crippen LogP contribution >= 0.6 is 0 Å². The Bertz CT molecular complexity index is 1390. The van der Waals surface area contributed by atoms with Crippen molar-refractivity contribution in [3.63, 3.8) is 0 Å². The highest BCUT2D eigenvalue weighted by atomic mass is 16.5. The molecule has 4 aromatic rings. The highest BCUT2D eigenvalue weighted by molar-refractivity contribution is 5.96. The van der Waals surface area contributed by atoms with Crippen molar-refractivity contribution in [3.8, 4) is 22.6 Å². The number of benzene rings is 3. The number of rotatable bonds is 3. The van der Waals surface area contributed by atoms with Crippen LogP contribution in [0.4, 0.5) is 5.69 Å². The molecule has 0 amide bonds. The van der Waals surface area contributed by atoms with E-state index in [4.69, 9.17) is 13.9 Å². The minimum atomic E-state index is -0.376. The number of ether oxygens (including phenoxy) is 2. The van der Waals surface area contributed by atoms with Gasteiger partial charge in [0.05, 0.1) is 7.11 Å². The molecule has 5 rings (SSSR count). The average molecular weight is 428 g/mol. The number of nitrogens with zero attached hydrogens (tertiary/aromatic N) is 1. The SMILES string of the molecule is COc1ccc(-c2cc(=O)oc3c(C)c4c(cc23)CN(c2ccc(C)c(C)c2)CO4)cc1. The summed E-state index contributed by atoms with van der Waals surface area (Å²) in [6.45, 7) is 7.36. The first-order chi connectivity index (χ1) is 15.4. The number of hydrogen-bond donors (Lipinski definition) is 0. The number of methoxy groups -OCH3 is 1. The van der Waals surface area contributed by atoms with Crippen molar-refractivity contribution in [2.24, 2.45) is 0 Å². The minimum Gasteiger partial charge on any atom is -0.497 e. The summed E-state index contributed by atoms with van der Waals surface area (Å²) in [5.41, 5.74) is 7.55. The summed E-state index contributed by atoms with van der Waals surface area (Å²) in [5, 5.41) is 0.900. The van der Waals surface area contributed by atoms with Gasteiger partial charge in [-0.1, -0.05) is 18.2 Å². The maximum atomic E-state index is 12.4. The van der Waals surface area contributed by atoms with E-state index < -0.39 is 0 Å². The van der Waals surface area contributed by atoms with E-state index in [1.807, 2.05) is 31.2 Å². The van der Waals surface area contributed by atoms with Crippen LogP contribution < -0.4 is 20.0 Å². The standard InChI is InChI=1S/C27H25NO4/c1-16-5-8-21(11-17(16)2)28-14-20-12-24-23(19-6-9-22(30-4)10-7-19)13-25(29)32-27(24)18(3)26(20)31-15-28/h5-13H,14-15H2,1-4H3. The fourth-order valence-electron chi connectivity index (χ4n) is 4.32. The molecular weight excluding hydrogens is 402 g/mol. The van der Waals surface area contributed by atoms with Crippen molar-refractivity contribution in [1.29, 1.82) is 0 Å². The van der Waals surface area contributed by atoms with Gasteiger partial charge in [0.1, 0.15) is 17.1 Å². The highest BCUT2D eigenvalue weighted by Gasteiger charge is 2.24. The van der Waals surface area contributed by atoms with Gasteiger partial charge in [-0.3, -0.25) is 0 Å². The van der Waals surface area contributed by atoms with Gasteiger partial charge in [0.25, 0.3) is 0 Å². The van der Waals surface area contributed by atoms with Crippen LogP contribution in [0, 0.1) is 20.8 Å². The first-order valence-electron chi connectivity index (χ1n) is 10.6. The first kappa shape index (κ1) is 20.2. The zero-order valence-electron chi connectivity index (χ0n) is 18.7. The van der Waals surface area contributed by atoms with Gasteiger partial charge >= 0.3 is 5.63 Å². The van der Waals surface area contributed by atoms with Crippen LogP contribution in [0.3, 0.4) is 0 Å². The van der Waals surface area contributed by atoms with E-state index in [2.05, 4.69) is 43.0 Å². The molecule has 1 aliphatic heterocycles. The molecule has 0 saturated carbocycles. The molecule has 0 saturated heterocycles. The molecule has 0 radical (unpaired) electrons. The van der Waals surface area contributed by atoms with Gasteiger partial charge in [-0.05, 0) is 73.4 Å². The summed E-state index contributed by atoms with van der Waals surface area (Å²) in [6.07, 6.45) is 0. The molecular formula is C27H25NO4. The minimum absolute atomic E-state index is 0.376. The summed E-state index contributed by atoms with van der Waals surface area (Å²) in [6, 6.07) is 17.8. The third kappa shape index (κ3) is 3.40. The van der Waals surface area contributed by atoms with E-state index in [0.29, 0.717) is 12.3 Å². The molecule has 3 aromatic carbocycles. The molecule has 0 unspecified atom stereocenters. The zero-order valence-corrected chi connectivity index (χ0v) is 18.7. The molecule has 0 aliphatic carbocycles. The van der Waals surface area contributed by atoms with Gasteiger partial charge < -0.3 is 18.8 Å². The lowest BCUT2D eigenvalue weighted by Crippen LogP contribution is -2.32. The van der Waals surface area contributed by atoms with Gasteiger partial charge in [-0.15, -0.1) is 0 Å². The van der Waals surface area contributed by atoms with Crippen LogP contribution in [0.25, 0.3) is 22.1 Å². The van der Waals surface area contributed by atoms with Crippen molar-refractivity contribution in [3.05, 3.63) is 87.3 Å². The number of hydrogen-bond acceptors (Lipinski definition) is 5. The maximum Gasteiger partial charge on any atom is 0.336 e. The second-order valence-electron chi connectivity index (χ2n) is 8.31. The molecule has 32 heavy (non-hydrogen) atoms. The largest absolute Gasteiger partial charge is 0.497 e. The Morgan fingerprint density at radius 1 is 0.938 bits per heavy atom. The topological polar surface area (TPSA) is 51.9 Å². The lowest BCUT2D eigenvalue weighted by atomic mass is 9.96. The number of anilines is 1. The van der Waals surface area contributed by atoms with Crippen molar-refractivity contribution < 1.29 is 13.9 Å². The van der Waals surface area contributed by atoms with Crippen LogP contribution in [0.15, 0.2) is 63.8 Å². The third-order valence-electron chi connectivity index (χ3n) is 6.27. The lowest BCUT2D eigenvalue weighted by molar-refractivity contribution is 0.287. The zero-order chi connectivity index (χ0) is 22.4. The Hall–Kier alpha value is -3.73. The second-order valence-corrected chi connectivity index (χ2v) is 8.31. The summed E-state index contributed by atoms with van der Waals surface area (Å²) >= 11 is 0. The fourth-order valence-corrected chi connectivity index (χ4v) is 4.32. The van der Waals surface area contributed by atoms with Crippen molar-refractivity contribution in [2.75, 3.05) is 18.7 Å². The molecule has 162 valence electrons. The molecule has 1 aromatic heterocycles. The van der Waals surface area contributed by atoms with E-state index in [1.54, 1.807) is 13.2 Å². The molecule has 0 bridgehead atoms. The van der Waals surface area contributed by atoms with Gasteiger partial charge in [-0.2, -0.15) is 0 Å². The molecule has 2 heterocycles. The predicted octanol–water partition coefficient (Wildman–Crippen LogP) is 5.75. The van der Waals surface area contributed by atoms with Crippen molar-refractivity contribution >= 4 is 16.7 Å². The normalized spacial score (nSPS) is 13.1. The smallest absolute Gasteiger partial charge is 0.336 e. The Labute approximate surface area is 186 Å². The summed E-state index contributed by atoms with van der Waals surface area (Å²) in [5.74, 6) is 1.57. The fraction of sp³-hybridized carbons (Fsp3) is 0.222. The quantitative estimate of drug-likeness (QED) is 0.390. The van der Waals surface area contributed by atoms with Gasteiger partial charge in [0.2, 0.25) is 0 Å². The van der Waals surface area contributed by atoms with Crippen LogP contribution in [-0.2, 0) is 6.54 Å². The predicted molar refractivity (Wildman–Crippen MR) is 127 cm³/mol. The van der Waals surface area contributed by atoms with Gasteiger partial charge in [0, 0.05) is 34.8 Å². The molecule has 5 nitrogen and oxygen atoms in total. The van der Waals surface area contributed by atoms with E-state index in [1.165, 1.54) is 11.1 Å². The lowest BCUT2D eigenvalue weighted by Gasteiger charge is -2.32. The first-order valence-corrected chi connectivity index (χ1v) is 10.6. The van der Waals surface area contributed by atoms with Crippen LogP contribution in [0.5, 0.6) is 11.5 Å². The highest BCUT2D eigenvalue weighted by Crippen LogP contribution is 2.39. The maximum absolute atomic E-state index is 12.4. The third-order valence-corrected chi connectivity index (χ3v) is 6.27. The molecule has 0 spiro atoms. The Morgan fingerprint density at radius 2 is 1.72 bits per heavy atom. The Morgan fingerprint density at radius 3 is 2.44 bits per heavy atom. The summed E-state index contributed by atoms with van der Waals surface area (Å²) in [4.78, 5) is 14.6. The summed E-state index contributed by atoms with van der Waals surface area (Å²) < 4.78 is 17.1. The Kier molecular flexibility index (Phi) is 4.89. The molecule has 5 heteroatoms. The van der Waals surface area contributed by atoms with Crippen molar-refractivity contribution in [2.45, 2.75) is 27.3 Å². The average Bonchev–Trinajstić information content (AvgIpc) is 2.81. The number of fused-ring (bicyclic) bond motifs is 2. The van der Waals surface area contributed by atoms with Crippen molar-refractivity contribution in [1.82, 2.24) is 0 Å². The Balaban J connectivity index is 1.63. The monoisotopic (exact) mass is 427 g/mol. The van der Waals surface area contributed by atoms with E-state index >= 15 is 0 Å². The van der Waals surface area contributed by atoms with Gasteiger partial charge in [-0.25, -0.2) is 4.79 Å². The number of aryl methyl sites for hydroxylation is 3. The van der Waals surface area contributed by atoms with E-state index in [0.717, 1.165) is 51.4 Å². The van der Waals surface area contributed by atoms with E-state index in [9.17, 15) is 4.79 Å². The molecule has 0 N–H and O–H groups in total. The molecule has 0 atom stereocenters. The van der Waals surface area contributed by atoms with E-state index in [-0.39, 0.29) is 5.63 Å².